The number of benzene rings is 2. The van der Waals surface area contributed by atoms with E-state index in [0.29, 0.717) is 17.1 Å². The van der Waals surface area contributed by atoms with Crippen LogP contribution in [0.2, 0.25) is 0 Å². The van der Waals surface area contributed by atoms with Crippen molar-refractivity contribution < 1.29 is 19.0 Å². The molecule has 0 fully saturated rings. The summed E-state index contributed by atoms with van der Waals surface area (Å²) in [6.45, 7) is 1.91. The molecule has 2 aromatic rings. The lowest BCUT2D eigenvalue weighted by Crippen LogP contribution is -2.27. The maximum absolute atomic E-state index is 12.6. The Morgan fingerprint density at radius 3 is 2.30 bits per heavy atom. The van der Waals surface area contributed by atoms with Gasteiger partial charge in [0.15, 0.2) is 0 Å². The predicted octanol–water partition coefficient (Wildman–Crippen LogP) is 3.20. The van der Waals surface area contributed by atoms with Crippen LogP contribution in [0.1, 0.15) is 28.9 Å². The van der Waals surface area contributed by atoms with Gasteiger partial charge in [-0.05, 0) is 31.2 Å². The summed E-state index contributed by atoms with van der Waals surface area (Å²) in [5.41, 5.74) is 1.33. The van der Waals surface area contributed by atoms with Crippen molar-refractivity contribution in [3.05, 3.63) is 53.6 Å². The van der Waals surface area contributed by atoms with E-state index in [4.69, 9.17) is 14.2 Å². The lowest BCUT2D eigenvalue weighted by atomic mass is 10.1. The number of carbonyl (C=O) groups is 1. The maximum atomic E-state index is 12.6. The number of amides is 1. The molecule has 0 aliphatic heterocycles. The van der Waals surface area contributed by atoms with Crippen molar-refractivity contribution in [2.45, 2.75) is 13.0 Å². The highest BCUT2D eigenvalue weighted by atomic mass is 16.5. The van der Waals surface area contributed by atoms with Crippen LogP contribution in [0.3, 0.4) is 0 Å². The van der Waals surface area contributed by atoms with E-state index < -0.39 is 0 Å². The lowest BCUT2D eigenvalue weighted by molar-refractivity contribution is 0.0936. The van der Waals surface area contributed by atoms with E-state index in [1.165, 1.54) is 7.11 Å². The monoisotopic (exact) mass is 315 g/mol. The molecule has 5 heteroatoms. The Morgan fingerprint density at radius 1 is 0.957 bits per heavy atom. The Labute approximate surface area is 136 Å². The molecular weight excluding hydrogens is 294 g/mol. The Balaban J connectivity index is 2.24. The van der Waals surface area contributed by atoms with Crippen molar-refractivity contribution in [1.82, 2.24) is 5.32 Å². The molecule has 5 nitrogen and oxygen atoms in total. The molecule has 0 aromatic heterocycles. The summed E-state index contributed by atoms with van der Waals surface area (Å²) < 4.78 is 15.8. The van der Waals surface area contributed by atoms with E-state index in [-0.39, 0.29) is 11.9 Å². The van der Waals surface area contributed by atoms with Crippen molar-refractivity contribution in [1.29, 1.82) is 0 Å². The molecule has 1 unspecified atom stereocenters. The summed E-state index contributed by atoms with van der Waals surface area (Å²) in [6, 6.07) is 12.5. The minimum atomic E-state index is -0.237. The first kappa shape index (κ1) is 16.7. The SMILES string of the molecule is COc1ccc(OC)c(C(=O)NC(C)c2ccccc2OC)c1. The van der Waals surface area contributed by atoms with E-state index in [9.17, 15) is 4.79 Å². The predicted molar refractivity (Wildman–Crippen MR) is 88.4 cm³/mol. The number of para-hydroxylation sites is 1. The zero-order valence-corrected chi connectivity index (χ0v) is 13.8. The quantitative estimate of drug-likeness (QED) is 0.889. The van der Waals surface area contributed by atoms with Gasteiger partial charge < -0.3 is 19.5 Å². The normalized spacial score (nSPS) is 11.5. The molecule has 0 heterocycles. The molecule has 1 N–H and O–H groups in total. The average Bonchev–Trinajstić information content (AvgIpc) is 2.60. The Hall–Kier alpha value is -2.69. The molecule has 2 rings (SSSR count). The third-order valence-corrected chi connectivity index (χ3v) is 3.60. The highest BCUT2D eigenvalue weighted by Crippen LogP contribution is 2.27. The van der Waals surface area contributed by atoms with Crippen LogP contribution in [-0.4, -0.2) is 27.2 Å². The lowest BCUT2D eigenvalue weighted by Gasteiger charge is -2.18. The fourth-order valence-corrected chi connectivity index (χ4v) is 2.37. The fraction of sp³-hybridized carbons (Fsp3) is 0.278. The zero-order valence-electron chi connectivity index (χ0n) is 13.8. The van der Waals surface area contributed by atoms with E-state index in [0.717, 1.165) is 11.3 Å². The molecule has 1 atom stereocenters. The van der Waals surface area contributed by atoms with Crippen LogP contribution in [0.5, 0.6) is 17.2 Å². The molecular formula is C18H21NO4. The zero-order chi connectivity index (χ0) is 16.8. The van der Waals surface area contributed by atoms with Gasteiger partial charge in [-0.15, -0.1) is 0 Å². The molecule has 1 amide bonds. The molecule has 23 heavy (non-hydrogen) atoms. The first-order chi connectivity index (χ1) is 11.1. The smallest absolute Gasteiger partial charge is 0.255 e. The minimum Gasteiger partial charge on any atom is -0.497 e. The van der Waals surface area contributed by atoms with Crippen LogP contribution in [0.15, 0.2) is 42.5 Å². The summed E-state index contributed by atoms with van der Waals surface area (Å²) in [5, 5.41) is 2.96. The average molecular weight is 315 g/mol. The molecule has 0 aliphatic carbocycles. The third-order valence-electron chi connectivity index (χ3n) is 3.60. The van der Waals surface area contributed by atoms with Crippen molar-refractivity contribution in [2.75, 3.05) is 21.3 Å². The summed E-state index contributed by atoms with van der Waals surface area (Å²) in [4.78, 5) is 12.6. The third kappa shape index (κ3) is 3.74. The van der Waals surface area contributed by atoms with Gasteiger partial charge >= 0.3 is 0 Å². The summed E-state index contributed by atoms with van der Waals surface area (Å²) in [5.74, 6) is 1.59. The van der Waals surface area contributed by atoms with Crippen molar-refractivity contribution in [2.24, 2.45) is 0 Å². The number of ether oxygens (including phenoxy) is 3. The van der Waals surface area contributed by atoms with Crippen molar-refractivity contribution in [3.63, 3.8) is 0 Å². The van der Waals surface area contributed by atoms with Crippen LogP contribution in [0, 0.1) is 0 Å². The molecule has 2 aromatic carbocycles. The van der Waals surface area contributed by atoms with E-state index in [2.05, 4.69) is 5.32 Å². The van der Waals surface area contributed by atoms with Crippen molar-refractivity contribution >= 4 is 5.91 Å². The second-order valence-electron chi connectivity index (χ2n) is 5.00. The van der Waals surface area contributed by atoms with Gasteiger partial charge in [-0.1, -0.05) is 18.2 Å². The van der Waals surface area contributed by atoms with Crippen LogP contribution >= 0.6 is 0 Å². The van der Waals surface area contributed by atoms with Gasteiger partial charge in [-0.2, -0.15) is 0 Å². The Kier molecular flexibility index (Phi) is 5.46. The first-order valence-electron chi connectivity index (χ1n) is 7.26. The van der Waals surface area contributed by atoms with Crippen LogP contribution in [0.25, 0.3) is 0 Å². The Bertz CT molecular complexity index is 684. The fourth-order valence-electron chi connectivity index (χ4n) is 2.37. The summed E-state index contributed by atoms with van der Waals surface area (Å²) >= 11 is 0. The van der Waals surface area contributed by atoms with Crippen LogP contribution in [0.4, 0.5) is 0 Å². The molecule has 122 valence electrons. The highest BCUT2D eigenvalue weighted by Gasteiger charge is 2.18. The van der Waals surface area contributed by atoms with Crippen LogP contribution in [-0.2, 0) is 0 Å². The van der Waals surface area contributed by atoms with Gasteiger partial charge in [0.2, 0.25) is 0 Å². The minimum absolute atomic E-state index is 0.213. The van der Waals surface area contributed by atoms with Crippen LogP contribution < -0.4 is 19.5 Å². The molecule has 0 aliphatic rings. The Morgan fingerprint density at radius 2 is 1.65 bits per heavy atom. The molecule has 0 spiro atoms. The molecule has 0 radical (unpaired) electrons. The molecule has 0 saturated heterocycles. The number of hydrogen-bond acceptors (Lipinski definition) is 4. The second-order valence-corrected chi connectivity index (χ2v) is 5.00. The number of rotatable bonds is 6. The van der Waals surface area contributed by atoms with E-state index in [1.54, 1.807) is 32.4 Å². The molecule has 0 saturated carbocycles. The summed E-state index contributed by atoms with van der Waals surface area (Å²) in [7, 11) is 4.70. The molecule has 0 bridgehead atoms. The van der Waals surface area contributed by atoms with Gasteiger partial charge in [0.1, 0.15) is 17.2 Å². The van der Waals surface area contributed by atoms with Crippen molar-refractivity contribution in [3.8, 4) is 17.2 Å². The van der Waals surface area contributed by atoms with Gasteiger partial charge in [-0.25, -0.2) is 0 Å². The summed E-state index contributed by atoms with van der Waals surface area (Å²) in [6.07, 6.45) is 0. The van der Waals surface area contributed by atoms with E-state index in [1.807, 2.05) is 31.2 Å². The topological polar surface area (TPSA) is 56.8 Å². The number of methoxy groups -OCH3 is 3. The number of hydrogen-bond donors (Lipinski definition) is 1. The maximum Gasteiger partial charge on any atom is 0.255 e. The van der Waals surface area contributed by atoms with Gasteiger partial charge in [0, 0.05) is 5.56 Å². The van der Waals surface area contributed by atoms with Gasteiger partial charge in [-0.3, -0.25) is 4.79 Å². The standard InChI is InChI=1S/C18H21NO4/c1-12(14-7-5-6-8-16(14)22-3)19-18(20)15-11-13(21-2)9-10-17(15)23-4/h5-12H,1-4H3,(H,19,20). The largest absolute Gasteiger partial charge is 0.497 e. The van der Waals surface area contributed by atoms with Gasteiger partial charge in [0.25, 0.3) is 5.91 Å². The number of nitrogens with one attached hydrogen (secondary N) is 1. The first-order valence-corrected chi connectivity index (χ1v) is 7.26. The highest BCUT2D eigenvalue weighted by molar-refractivity contribution is 5.97. The number of carbonyl (C=O) groups excluding carboxylic acids is 1. The second kappa shape index (κ2) is 7.54. The van der Waals surface area contributed by atoms with Gasteiger partial charge in [0.05, 0.1) is 32.9 Å². The van der Waals surface area contributed by atoms with E-state index >= 15 is 0 Å².